The molecule has 76 valence electrons. The molecule has 0 radical (unpaired) electrons. The molecular weight excluding hydrogens is 254 g/mol. The molecule has 14 heavy (non-hydrogen) atoms. The zero-order chi connectivity index (χ0) is 8.81. The molecule has 0 saturated heterocycles. The first-order valence-electron chi connectivity index (χ1n) is 3.53. The van der Waals surface area contributed by atoms with Crippen LogP contribution in [0.4, 0.5) is 0 Å². The fourth-order valence-electron chi connectivity index (χ4n) is 0.701. The van der Waals surface area contributed by atoms with Crippen LogP contribution in [0.3, 0.4) is 0 Å². The van der Waals surface area contributed by atoms with Gasteiger partial charge < -0.3 is 40.9 Å². The van der Waals surface area contributed by atoms with Crippen LogP contribution >= 0.6 is 23.2 Å². The molecule has 2 aromatic rings. The molecule has 0 saturated carbocycles. The second kappa shape index (κ2) is 9.93. The van der Waals surface area contributed by atoms with Gasteiger partial charge in [0.05, 0.1) is 0 Å². The van der Waals surface area contributed by atoms with Gasteiger partial charge in [0.25, 0.3) is 0 Å². The molecule has 2 aromatic carbocycles. The van der Waals surface area contributed by atoms with Gasteiger partial charge in [-0.2, -0.15) is 18.2 Å². The molecule has 0 spiro atoms. The van der Waals surface area contributed by atoms with E-state index in [1.165, 1.54) is 0 Å². The Morgan fingerprint density at radius 2 is 1.79 bits per heavy atom. The number of halogens is 2. The zero-order valence-electron chi connectivity index (χ0n) is 7.73. The topological polar surface area (TPSA) is 0 Å². The van der Waals surface area contributed by atoms with Crippen LogP contribution in [-0.4, -0.2) is 0 Å². The van der Waals surface area contributed by atoms with E-state index in [1.54, 1.807) is 0 Å². The van der Waals surface area contributed by atoms with Crippen molar-refractivity contribution in [1.82, 2.24) is 0 Å². The van der Waals surface area contributed by atoms with E-state index in [1.807, 2.05) is 48.5 Å². The SMILES string of the molecule is Cl[c-]1[cH-][cH-][cH-][cH-]1.Clc1ccc[cH-]1.[Fe].[Li+]. The van der Waals surface area contributed by atoms with Gasteiger partial charge in [0.1, 0.15) is 0 Å². The molecular formula is C10H8Cl2FeLi-5. The second-order valence-electron chi connectivity index (χ2n) is 2.21. The average Bonchev–Trinajstić information content (AvgIpc) is 2.63. The molecule has 0 N–H and O–H groups in total. The Kier molecular flexibility index (Phi) is 11.9. The average molecular weight is 262 g/mol. The molecule has 0 atom stereocenters. The van der Waals surface area contributed by atoms with E-state index < -0.39 is 0 Å². The van der Waals surface area contributed by atoms with Crippen LogP contribution in [0.15, 0.2) is 48.5 Å². The van der Waals surface area contributed by atoms with Gasteiger partial charge in [-0.3, -0.25) is 0 Å². The summed E-state index contributed by atoms with van der Waals surface area (Å²) in [7, 11) is 0. The van der Waals surface area contributed by atoms with Crippen LogP contribution in [0.5, 0.6) is 0 Å². The number of hydrogen-bond acceptors (Lipinski definition) is 0. The molecule has 0 aliphatic heterocycles. The predicted octanol–water partition coefficient (Wildman–Crippen LogP) is 1.12. The van der Waals surface area contributed by atoms with Gasteiger partial charge in [-0.1, -0.05) is 5.02 Å². The monoisotopic (exact) mass is 261 g/mol. The normalized spacial score (nSPS) is 7.57. The van der Waals surface area contributed by atoms with E-state index in [0.29, 0.717) is 0 Å². The maximum atomic E-state index is 5.46. The maximum absolute atomic E-state index is 5.46. The minimum atomic E-state index is 0. The molecule has 2 rings (SSSR count). The molecule has 0 fully saturated rings. The second-order valence-corrected chi connectivity index (χ2v) is 3.08. The third-order valence-corrected chi connectivity index (χ3v) is 1.75. The third kappa shape index (κ3) is 7.77. The van der Waals surface area contributed by atoms with Crippen molar-refractivity contribution in [2.75, 3.05) is 0 Å². The van der Waals surface area contributed by atoms with Gasteiger partial charge in [0.15, 0.2) is 0 Å². The Bertz CT molecular complexity index is 258. The van der Waals surface area contributed by atoms with Gasteiger partial charge in [-0.05, 0) is 0 Å². The number of rotatable bonds is 0. The molecule has 0 unspecified atom stereocenters. The first kappa shape index (κ1) is 16.8. The molecule has 0 bridgehead atoms. The van der Waals surface area contributed by atoms with Crippen molar-refractivity contribution in [3.63, 3.8) is 0 Å². The van der Waals surface area contributed by atoms with Crippen molar-refractivity contribution in [2.24, 2.45) is 0 Å². The summed E-state index contributed by atoms with van der Waals surface area (Å²) in [5.41, 5.74) is 0. The van der Waals surface area contributed by atoms with Crippen LogP contribution in [0.1, 0.15) is 0 Å². The first-order valence-corrected chi connectivity index (χ1v) is 4.29. The third-order valence-electron chi connectivity index (χ3n) is 1.24. The van der Waals surface area contributed by atoms with E-state index in [-0.39, 0.29) is 35.9 Å². The summed E-state index contributed by atoms with van der Waals surface area (Å²) in [5.74, 6) is 0. The molecule has 0 aromatic heterocycles. The van der Waals surface area contributed by atoms with Crippen molar-refractivity contribution in [3.05, 3.63) is 58.6 Å². The van der Waals surface area contributed by atoms with Crippen molar-refractivity contribution in [2.45, 2.75) is 0 Å². The van der Waals surface area contributed by atoms with Crippen molar-refractivity contribution < 1.29 is 35.9 Å². The summed E-state index contributed by atoms with van der Waals surface area (Å²) >= 11 is 10.9. The van der Waals surface area contributed by atoms with E-state index >= 15 is 0 Å². The van der Waals surface area contributed by atoms with Crippen LogP contribution in [0.2, 0.25) is 10.0 Å². The van der Waals surface area contributed by atoms with E-state index in [2.05, 4.69) is 0 Å². The summed E-state index contributed by atoms with van der Waals surface area (Å²) in [6.45, 7) is 0. The van der Waals surface area contributed by atoms with Crippen molar-refractivity contribution in [1.29, 1.82) is 0 Å². The van der Waals surface area contributed by atoms with Crippen molar-refractivity contribution >= 4 is 23.2 Å². The summed E-state index contributed by atoms with van der Waals surface area (Å²) in [6.07, 6.45) is 0. The minimum Gasteiger partial charge on any atom is -0.747 e. The summed E-state index contributed by atoms with van der Waals surface area (Å²) < 4.78 is 0. The molecule has 0 amide bonds. The smallest absolute Gasteiger partial charge is 0.747 e. The van der Waals surface area contributed by atoms with Crippen LogP contribution in [0.25, 0.3) is 0 Å². The standard InChI is InChI=1S/2C5H4Cl.Fe.Li/c2*6-5-3-1-2-4-5;;/h2*1-4H;;/q-5;-1;;+1. The largest absolute Gasteiger partial charge is 1.00 e. The van der Waals surface area contributed by atoms with Gasteiger partial charge in [-0.25, -0.2) is 6.07 Å². The molecule has 0 nitrogen and oxygen atoms in total. The Balaban J connectivity index is 0. The minimum absolute atomic E-state index is 0. The van der Waals surface area contributed by atoms with Gasteiger partial charge >= 0.3 is 18.9 Å². The quantitative estimate of drug-likeness (QED) is 0.493. The van der Waals surface area contributed by atoms with E-state index in [4.69, 9.17) is 23.2 Å². The molecule has 0 aliphatic rings. The summed E-state index contributed by atoms with van der Waals surface area (Å²) in [5, 5.41) is 1.63. The zero-order valence-corrected chi connectivity index (χ0v) is 10.3. The molecule has 4 heteroatoms. The fraction of sp³-hybridized carbons (Fsp3) is 0. The van der Waals surface area contributed by atoms with Gasteiger partial charge in [-0.15, -0.1) is 11.6 Å². The summed E-state index contributed by atoms with van der Waals surface area (Å²) in [6, 6.07) is 15.0. The maximum Gasteiger partial charge on any atom is 1.00 e. The molecule has 0 aliphatic carbocycles. The fourth-order valence-corrected chi connectivity index (χ4v) is 0.992. The Morgan fingerprint density at radius 1 is 1.21 bits per heavy atom. The van der Waals surface area contributed by atoms with Crippen molar-refractivity contribution in [3.8, 4) is 0 Å². The Hall–Kier alpha value is 0.397. The first-order chi connectivity index (χ1) is 5.79. The predicted molar refractivity (Wildman–Crippen MR) is 54.1 cm³/mol. The Labute approximate surface area is 117 Å². The van der Waals surface area contributed by atoms with Crippen LogP contribution in [-0.2, 0) is 17.1 Å². The van der Waals surface area contributed by atoms with E-state index in [9.17, 15) is 0 Å². The molecule has 0 heterocycles. The Morgan fingerprint density at radius 3 is 1.93 bits per heavy atom. The number of hydrogen-bond donors (Lipinski definition) is 0. The van der Waals surface area contributed by atoms with E-state index in [0.717, 1.165) is 10.0 Å². The van der Waals surface area contributed by atoms with Crippen LogP contribution in [0, 0.1) is 0 Å². The van der Waals surface area contributed by atoms with Gasteiger partial charge in [0.2, 0.25) is 0 Å². The summed E-state index contributed by atoms with van der Waals surface area (Å²) in [4.78, 5) is 0. The van der Waals surface area contributed by atoms with Gasteiger partial charge in [0, 0.05) is 17.1 Å². The van der Waals surface area contributed by atoms with Crippen LogP contribution < -0.4 is 18.9 Å².